The molecule has 1 aromatic heterocycles. The summed E-state index contributed by atoms with van der Waals surface area (Å²) >= 11 is 1.46. The first-order chi connectivity index (χ1) is 7.98. The fraction of sp³-hybridized carbons (Fsp3) is 0.273. The van der Waals surface area contributed by atoms with Crippen molar-refractivity contribution in [2.75, 3.05) is 0 Å². The molecular formula is C11H9F3NOS. The molecule has 0 saturated carbocycles. The topological polar surface area (TPSA) is 22.1 Å². The summed E-state index contributed by atoms with van der Waals surface area (Å²) in [6.45, 7) is 3.71. The van der Waals surface area contributed by atoms with Crippen molar-refractivity contribution >= 4 is 21.6 Å². The average molecular weight is 260 g/mol. The highest BCUT2D eigenvalue weighted by atomic mass is 32.1. The second-order valence-electron chi connectivity index (χ2n) is 3.39. The van der Waals surface area contributed by atoms with Crippen LogP contribution < -0.4 is 4.74 Å². The van der Waals surface area contributed by atoms with Crippen molar-refractivity contribution in [2.45, 2.75) is 19.2 Å². The van der Waals surface area contributed by atoms with Gasteiger partial charge < -0.3 is 4.74 Å². The molecule has 0 atom stereocenters. The highest BCUT2D eigenvalue weighted by Crippen LogP contribution is 2.29. The molecule has 91 valence electrons. The van der Waals surface area contributed by atoms with Gasteiger partial charge in [-0.15, -0.1) is 24.5 Å². The Morgan fingerprint density at radius 3 is 2.76 bits per heavy atom. The second-order valence-corrected chi connectivity index (χ2v) is 4.50. The summed E-state index contributed by atoms with van der Waals surface area (Å²) < 4.78 is 40.7. The maximum atomic E-state index is 12.0. The van der Waals surface area contributed by atoms with Crippen LogP contribution in [0.4, 0.5) is 13.2 Å². The van der Waals surface area contributed by atoms with E-state index in [9.17, 15) is 13.2 Å². The minimum absolute atomic E-state index is 0.239. The van der Waals surface area contributed by atoms with Crippen LogP contribution >= 0.6 is 11.3 Å². The Morgan fingerprint density at radius 1 is 1.35 bits per heavy atom. The van der Waals surface area contributed by atoms with Gasteiger partial charge in [0.2, 0.25) is 0 Å². The number of rotatable bonds is 3. The summed E-state index contributed by atoms with van der Waals surface area (Å²) in [4.78, 5) is 4.22. The van der Waals surface area contributed by atoms with Gasteiger partial charge in [-0.25, -0.2) is 4.98 Å². The number of nitrogens with zero attached hydrogens (tertiary/aromatic N) is 1. The minimum Gasteiger partial charge on any atom is -0.406 e. The van der Waals surface area contributed by atoms with Crippen LogP contribution in [-0.4, -0.2) is 11.3 Å². The van der Waals surface area contributed by atoms with Crippen LogP contribution in [0.25, 0.3) is 10.2 Å². The van der Waals surface area contributed by atoms with Crippen LogP contribution in [0.1, 0.15) is 11.4 Å². The van der Waals surface area contributed by atoms with Crippen molar-refractivity contribution in [3.63, 3.8) is 0 Å². The van der Waals surface area contributed by atoms with E-state index in [0.29, 0.717) is 11.9 Å². The standard InChI is InChI=1S/C11H9F3NOS/c1-2-3-10-15-8-6-7(16-11(12,13)14)4-5-9(8)17-10/h4-6H,1-3H2. The lowest BCUT2D eigenvalue weighted by Gasteiger charge is -2.07. The van der Waals surface area contributed by atoms with Crippen LogP contribution in [0.3, 0.4) is 0 Å². The summed E-state index contributed by atoms with van der Waals surface area (Å²) in [6, 6.07) is 4.18. The summed E-state index contributed by atoms with van der Waals surface area (Å²) in [5.41, 5.74) is 0.528. The third kappa shape index (κ3) is 3.09. The molecule has 0 aliphatic carbocycles. The molecule has 0 saturated heterocycles. The van der Waals surface area contributed by atoms with Gasteiger partial charge in [0.05, 0.1) is 15.2 Å². The zero-order chi connectivity index (χ0) is 12.5. The molecule has 2 aromatic rings. The smallest absolute Gasteiger partial charge is 0.406 e. The van der Waals surface area contributed by atoms with Gasteiger partial charge in [-0.1, -0.05) is 6.92 Å². The fourth-order valence-corrected chi connectivity index (χ4v) is 2.40. The second kappa shape index (κ2) is 4.52. The van der Waals surface area contributed by atoms with Gasteiger partial charge in [-0.2, -0.15) is 0 Å². The lowest BCUT2D eigenvalue weighted by molar-refractivity contribution is -0.274. The largest absolute Gasteiger partial charge is 0.573 e. The molecule has 0 amide bonds. The van der Waals surface area contributed by atoms with Crippen LogP contribution in [0.2, 0.25) is 0 Å². The molecule has 0 bridgehead atoms. The van der Waals surface area contributed by atoms with Crippen molar-refractivity contribution in [1.82, 2.24) is 4.98 Å². The van der Waals surface area contributed by atoms with Crippen molar-refractivity contribution in [3.05, 3.63) is 30.1 Å². The van der Waals surface area contributed by atoms with E-state index in [2.05, 4.69) is 16.6 Å². The van der Waals surface area contributed by atoms with Gasteiger partial charge in [0.1, 0.15) is 5.75 Å². The number of aryl methyl sites for hydroxylation is 1. The monoisotopic (exact) mass is 260 g/mol. The molecule has 2 rings (SSSR count). The Labute approximate surface area is 100 Å². The molecular weight excluding hydrogens is 251 g/mol. The quantitative estimate of drug-likeness (QED) is 0.833. The first-order valence-electron chi connectivity index (χ1n) is 4.92. The number of aromatic nitrogens is 1. The molecule has 0 aliphatic heterocycles. The number of fused-ring (bicyclic) bond motifs is 1. The minimum atomic E-state index is -4.67. The van der Waals surface area contributed by atoms with Crippen molar-refractivity contribution in [1.29, 1.82) is 0 Å². The molecule has 1 heterocycles. The number of thiazole rings is 1. The number of hydrogen-bond donors (Lipinski definition) is 0. The van der Waals surface area contributed by atoms with E-state index in [0.717, 1.165) is 16.1 Å². The van der Waals surface area contributed by atoms with Crippen molar-refractivity contribution < 1.29 is 17.9 Å². The Bertz CT molecular complexity index is 521. The molecule has 1 aromatic carbocycles. The van der Waals surface area contributed by atoms with E-state index in [1.165, 1.54) is 23.5 Å². The van der Waals surface area contributed by atoms with Crippen LogP contribution in [0.15, 0.2) is 18.2 Å². The third-order valence-electron chi connectivity index (χ3n) is 2.03. The van der Waals surface area contributed by atoms with Gasteiger partial charge in [0.25, 0.3) is 0 Å². The van der Waals surface area contributed by atoms with Crippen LogP contribution in [0.5, 0.6) is 5.75 Å². The first-order valence-corrected chi connectivity index (χ1v) is 5.74. The molecule has 6 heteroatoms. The molecule has 1 radical (unpaired) electrons. The van der Waals surface area contributed by atoms with E-state index in [4.69, 9.17) is 0 Å². The lowest BCUT2D eigenvalue weighted by atomic mass is 10.3. The zero-order valence-electron chi connectivity index (χ0n) is 8.75. The Kier molecular flexibility index (Phi) is 3.24. The molecule has 17 heavy (non-hydrogen) atoms. The fourth-order valence-electron chi connectivity index (χ4n) is 1.41. The summed E-state index contributed by atoms with van der Waals surface area (Å²) in [5, 5.41) is 0.874. The first kappa shape index (κ1) is 12.2. The molecule has 2 nitrogen and oxygen atoms in total. The predicted octanol–water partition coefficient (Wildman–Crippen LogP) is 3.96. The van der Waals surface area contributed by atoms with Crippen LogP contribution in [0, 0.1) is 6.92 Å². The number of halogens is 3. The van der Waals surface area contributed by atoms with Gasteiger partial charge >= 0.3 is 6.36 Å². The van der Waals surface area contributed by atoms with E-state index in [1.54, 1.807) is 6.07 Å². The summed E-state index contributed by atoms with van der Waals surface area (Å²) in [5.74, 6) is -0.239. The molecule has 0 aliphatic rings. The summed E-state index contributed by atoms with van der Waals surface area (Å²) in [6.07, 6.45) is -3.22. The highest BCUT2D eigenvalue weighted by molar-refractivity contribution is 7.18. The highest BCUT2D eigenvalue weighted by Gasteiger charge is 2.31. The maximum absolute atomic E-state index is 12.0. The van der Waals surface area contributed by atoms with Gasteiger partial charge in [0.15, 0.2) is 0 Å². The van der Waals surface area contributed by atoms with Crippen molar-refractivity contribution in [3.8, 4) is 5.75 Å². The van der Waals surface area contributed by atoms with Gasteiger partial charge in [-0.05, 0) is 25.0 Å². The lowest BCUT2D eigenvalue weighted by Crippen LogP contribution is -2.16. The Hall–Kier alpha value is -1.30. The SMILES string of the molecule is [CH2]CCc1nc2cc(OC(F)(F)F)ccc2s1. The number of benzene rings is 1. The predicted molar refractivity (Wildman–Crippen MR) is 60.0 cm³/mol. The maximum Gasteiger partial charge on any atom is 0.573 e. The number of alkyl halides is 3. The van der Waals surface area contributed by atoms with Crippen molar-refractivity contribution in [2.24, 2.45) is 0 Å². The normalized spacial score (nSPS) is 12.0. The average Bonchev–Trinajstić information content (AvgIpc) is 2.57. The molecule has 0 unspecified atom stereocenters. The zero-order valence-corrected chi connectivity index (χ0v) is 9.57. The molecule has 0 N–H and O–H groups in total. The van der Waals surface area contributed by atoms with E-state index in [-0.39, 0.29) is 5.75 Å². The van der Waals surface area contributed by atoms with Crippen LogP contribution in [-0.2, 0) is 6.42 Å². The van der Waals surface area contributed by atoms with E-state index >= 15 is 0 Å². The molecule has 0 spiro atoms. The van der Waals surface area contributed by atoms with Gasteiger partial charge in [-0.3, -0.25) is 0 Å². The van der Waals surface area contributed by atoms with Gasteiger partial charge in [0, 0.05) is 6.07 Å². The molecule has 0 fully saturated rings. The summed E-state index contributed by atoms with van der Waals surface area (Å²) in [7, 11) is 0. The Balaban J connectivity index is 2.30. The Morgan fingerprint density at radius 2 is 2.12 bits per heavy atom. The van der Waals surface area contributed by atoms with E-state index < -0.39 is 6.36 Å². The third-order valence-corrected chi connectivity index (χ3v) is 3.12. The number of ether oxygens (including phenoxy) is 1. The number of hydrogen-bond acceptors (Lipinski definition) is 3. The van der Waals surface area contributed by atoms with E-state index in [1.807, 2.05) is 0 Å².